The summed E-state index contributed by atoms with van der Waals surface area (Å²) in [5, 5.41) is 15.3. The van der Waals surface area contributed by atoms with Crippen LogP contribution in [-0.2, 0) is 32.6 Å². The van der Waals surface area contributed by atoms with Gasteiger partial charge in [0, 0.05) is 13.1 Å². The summed E-state index contributed by atoms with van der Waals surface area (Å²) in [7, 11) is -1.71. The first-order valence-electron chi connectivity index (χ1n) is 11.4. The van der Waals surface area contributed by atoms with Crippen molar-refractivity contribution in [2.75, 3.05) is 33.1 Å². The van der Waals surface area contributed by atoms with Gasteiger partial charge in [-0.2, -0.15) is 4.80 Å². The van der Waals surface area contributed by atoms with Crippen LogP contribution in [0.3, 0.4) is 0 Å². The number of benzene rings is 1. The Morgan fingerprint density at radius 3 is 2.70 bits per heavy atom. The molecule has 0 spiro atoms. The maximum Gasteiger partial charge on any atom is 0.270 e. The molecule has 15 heteroatoms. The number of hydrogen-bond donors (Lipinski definition) is 2. The maximum absolute atomic E-state index is 12.7. The highest BCUT2D eigenvalue weighted by Crippen LogP contribution is 2.15. The van der Waals surface area contributed by atoms with Crippen LogP contribution >= 0.6 is 0 Å². The van der Waals surface area contributed by atoms with Crippen LogP contribution in [0.5, 0.6) is 5.75 Å². The third-order valence-corrected chi connectivity index (χ3v) is 6.01. The van der Waals surface area contributed by atoms with Crippen molar-refractivity contribution in [3.05, 3.63) is 47.4 Å². The molecule has 1 aromatic carbocycles. The van der Waals surface area contributed by atoms with E-state index >= 15 is 0 Å². The Hall–Kier alpha value is -3.53. The quantitative estimate of drug-likeness (QED) is 0.351. The maximum atomic E-state index is 12.7. The van der Waals surface area contributed by atoms with Crippen molar-refractivity contribution < 1.29 is 27.4 Å². The summed E-state index contributed by atoms with van der Waals surface area (Å²) in [6.45, 7) is 2.87. The number of hydrogen-bond acceptors (Lipinski definition) is 11. The van der Waals surface area contributed by atoms with Crippen molar-refractivity contribution in [3.63, 3.8) is 0 Å². The molecule has 1 unspecified atom stereocenters. The van der Waals surface area contributed by atoms with E-state index in [0.717, 1.165) is 11.8 Å². The molecule has 14 nitrogen and oxygen atoms in total. The van der Waals surface area contributed by atoms with E-state index in [-0.39, 0.29) is 55.9 Å². The minimum Gasteiger partial charge on any atom is -0.497 e. The van der Waals surface area contributed by atoms with Crippen molar-refractivity contribution in [2.24, 2.45) is 0 Å². The lowest BCUT2D eigenvalue weighted by Gasteiger charge is -2.29. The number of methoxy groups -OCH3 is 1. The summed E-state index contributed by atoms with van der Waals surface area (Å²) in [5.74, 6) is 0.960. The zero-order valence-electron chi connectivity index (χ0n) is 20.6. The van der Waals surface area contributed by atoms with Crippen molar-refractivity contribution in [1.29, 1.82) is 0 Å². The average Bonchev–Trinajstić information content (AvgIpc) is 3.34. The van der Waals surface area contributed by atoms with Gasteiger partial charge in [0.1, 0.15) is 29.1 Å². The van der Waals surface area contributed by atoms with Crippen LogP contribution in [0.25, 0.3) is 11.5 Å². The molecule has 1 aliphatic heterocycles. The molecule has 37 heavy (non-hydrogen) atoms. The smallest absolute Gasteiger partial charge is 0.270 e. The van der Waals surface area contributed by atoms with Gasteiger partial charge in [-0.05, 0) is 35.9 Å². The molecule has 3 aromatic rings. The standard InChI is InChI=1S/C22H28N8O6S/c1-14-25-19(8-20(26-14)22(31)23-9-15-5-4-6-16(7-15)34-2)21-27-29-30(28-21)11-18-13-35-17(12-36-18)10-24-37(3,32)33/h4-8,17-18,24H,9-13H2,1-3H3,(H,23,31)/t17?,18-/m0/s1. The highest BCUT2D eigenvalue weighted by molar-refractivity contribution is 7.88. The number of ether oxygens (including phenoxy) is 3. The number of amides is 1. The molecule has 1 aliphatic rings. The molecule has 0 saturated carbocycles. The number of aryl methyl sites for hydroxylation is 1. The topological polar surface area (TPSA) is 172 Å². The minimum absolute atomic E-state index is 0.139. The largest absolute Gasteiger partial charge is 0.497 e. The second kappa shape index (κ2) is 11.7. The molecule has 1 amide bonds. The van der Waals surface area contributed by atoms with Crippen LogP contribution in [-0.4, -0.2) is 89.8 Å². The van der Waals surface area contributed by atoms with Crippen molar-refractivity contribution in [2.45, 2.75) is 32.2 Å². The number of rotatable bonds is 10. The highest BCUT2D eigenvalue weighted by Gasteiger charge is 2.24. The monoisotopic (exact) mass is 532 g/mol. The van der Waals surface area contributed by atoms with Crippen LogP contribution in [0, 0.1) is 6.92 Å². The molecule has 1 saturated heterocycles. The number of sulfonamides is 1. The lowest BCUT2D eigenvalue weighted by atomic mass is 10.2. The van der Waals surface area contributed by atoms with Crippen molar-refractivity contribution >= 4 is 15.9 Å². The SMILES string of the molecule is COc1cccc(CNC(=O)c2cc(-c3nnn(C[C@H]4COC(CNS(C)(=O)=O)CO4)n3)nc(C)n2)c1. The van der Waals surface area contributed by atoms with E-state index in [9.17, 15) is 13.2 Å². The van der Waals surface area contributed by atoms with Crippen LogP contribution < -0.4 is 14.8 Å². The van der Waals surface area contributed by atoms with Crippen molar-refractivity contribution in [1.82, 2.24) is 40.2 Å². The van der Waals surface area contributed by atoms with Gasteiger partial charge in [0.2, 0.25) is 15.8 Å². The Labute approximate surface area is 213 Å². The van der Waals surface area contributed by atoms with Crippen LogP contribution in [0.15, 0.2) is 30.3 Å². The summed E-state index contributed by atoms with van der Waals surface area (Å²) in [5.41, 5.74) is 1.42. The van der Waals surface area contributed by atoms with Gasteiger partial charge >= 0.3 is 0 Å². The fourth-order valence-corrected chi connectivity index (χ4v) is 4.00. The molecule has 0 bridgehead atoms. The molecule has 4 rings (SSSR count). The van der Waals surface area contributed by atoms with Gasteiger partial charge in [-0.15, -0.1) is 10.2 Å². The zero-order valence-corrected chi connectivity index (χ0v) is 21.4. The minimum atomic E-state index is -3.30. The number of tetrazole rings is 1. The number of carbonyl (C=O) groups is 1. The first-order chi connectivity index (χ1) is 17.7. The molecular weight excluding hydrogens is 504 g/mol. The zero-order chi connectivity index (χ0) is 26.4. The normalized spacial score (nSPS) is 17.9. The molecule has 2 aromatic heterocycles. The number of aromatic nitrogens is 6. The van der Waals surface area contributed by atoms with E-state index < -0.39 is 10.0 Å². The Bertz CT molecular complexity index is 1340. The lowest BCUT2D eigenvalue weighted by Crippen LogP contribution is -2.44. The fraction of sp³-hybridized carbons (Fsp3) is 0.455. The van der Waals surface area contributed by atoms with E-state index in [2.05, 4.69) is 35.4 Å². The molecule has 0 aliphatic carbocycles. The summed E-state index contributed by atoms with van der Waals surface area (Å²) < 4.78 is 41.5. The number of nitrogens with zero attached hydrogens (tertiary/aromatic N) is 6. The Morgan fingerprint density at radius 1 is 1.19 bits per heavy atom. The third kappa shape index (κ3) is 7.72. The average molecular weight is 533 g/mol. The van der Waals surface area contributed by atoms with Crippen LogP contribution in [0.2, 0.25) is 0 Å². The first kappa shape index (κ1) is 26.5. The second-order valence-electron chi connectivity index (χ2n) is 8.42. The van der Waals surface area contributed by atoms with Gasteiger partial charge in [0.15, 0.2) is 0 Å². The summed E-state index contributed by atoms with van der Waals surface area (Å²) in [6, 6.07) is 8.91. The molecule has 2 atom stereocenters. The van der Waals surface area contributed by atoms with Crippen molar-refractivity contribution in [3.8, 4) is 17.3 Å². The Balaban J connectivity index is 1.34. The van der Waals surface area contributed by atoms with Gasteiger partial charge in [-0.3, -0.25) is 4.79 Å². The number of nitrogens with one attached hydrogen (secondary N) is 2. The second-order valence-corrected chi connectivity index (χ2v) is 10.3. The molecule has 198 valence electrons. The van der Waals surface area contributed by atoms with Gasteiger partial charge in [0.25, 0.3) is 5.91 Å². The molecule has 3 heterocycles. The number of carbonyl (C=O) groups excluding carboxylic acids is 1. The Morgan fingerprint density at radius 2 is 1.97 bits per heavy atom. The van der Waals surface area contributed by atoms with Gasteiger partial charge < -0.3 is 19.5 Å². The van der Waals surface area contributed by atoms with E-state index in [1.165, 1.54) is 10.9 Å². The first-order valence-corrected chi connectivity index (χ1v) is 13.3. The molecule has 2 N–H and O–H groups in total. The highest BCUT2D eigenvalue weighted by atomic mass is 32.2. The molecule has 0 radical (unpaired) electrons. The van der Waals surface area contributed by atoms with E-state index in [0.29, 0.717) is 23.8 Å². The Kier molecular flexibility index (Phi) is 8.38. The van der Waals surface area contributed by atoms with E-state index in [1.807, 2.05) is 24.3 Å². The summed E-state index contributed by atoms with van der Waals surface area (Å²) in [6.07, 6.45) is 0.383. The van der Waals surface area contributed by atoms with Crippen LogP contribution in [0.1, 0.15) is 21.9 Å². The predicted octanol–water partition coefficient (Wildman–Crippen LogP) is -0.290. The summed E-state index contributed by atoms with van der Waals surface area (Å²) >= 11 is 0. The lowest BCUT2D eigenvalue weighted by molar-refractivity contribution is -0.136. The van der Waals surface area contributed by atoms with Gasteiger partial charge in [-0.25, -0.2) is 23.1 Å². The van der Waals surface area contributed by atoms with Gasteiger partial charge in [0.05, 0.1) is 39.2 Å². The predicted molar refractivity (Wildman–Crippen MR) is 130 cm³/mol. The third-order valence-electron chi connectivity index (χ3n) is 5.32. The van der Waals surface area contributed by atoms with Gasteiger partial charge in [-0.1, -0.05) is 12.1 Å². The molecular formula is C22H28N8O6S. The van der Waals surface area contributed by atoms with Crippen LogP contribution in [0.4, 0.5) is 0 Å². The fourth-order valence-electron chi connectivity index (χ4n) is 3.51. The van der Waals surface area contributed by atoms with E-state index in [1.54, 1.807) is 14.0 Å². The molecule has 1 fully saturated rings. The van der Waals surface area contributed by atoms with E-state index in [4.69, 9.17) is 14.2 Å². The summed E-state index contributed by atoms with van der Waals surface area (Å²) in [4.78, 5) is 22.7.